The number of nitriles is 1. The number of carbonyl (C=O) groups is 1. The molecule has 7 nitrogen and oxygen atoms in total. The van der Waals surface area contributed by atoms with E-state index in [9.17, 15) is 4.79 Å². The zero-order valence-corrected chi connectivity index (χ0v) is 17.4. The Balaban J connectivity index is 1.67. The number of anilines is 1. The van der Waals surface area contributed by atoms with Gasteiger partial charge in [-0.1, -0.05) is 37.6 Å². The molecule has 2 heterocycles. The molecule has 0 radical (unpaired) electrons. The standard InChI is InChI=1S/C22H19ClN4O3/c1-12(2)14-4-6-15(7-5-14)20-25-26-21(30-20)19-13(3)29-22(28)27(19)17-9-8-16(11-24)18(23)10-17/h4-10,12-13,19H,1-3H3/t13-,19+/m0/s1. The maximum atomic E-state index is 12.5. The molecule has 2 atom stereocenters. The predicted octanol–water partition coefficient (Wildman–Crippen LogP) is 5.47. The van der Waals surface area contributed by atoms with Crippen molar-refractivity contribution in [3.8, 4) is 17.5 Å². The summed E-state index contributed by atoms with van der Waals surface area (Å²) >= 11 is 6.15. The lowest BCUT2D eigenvalue weighted by Crippen LogP contribution is -2.29. The zero-order chi connectivity index (χ0) is 21.4. The van der Waals surface area contributed by atoms with Crippen LogP contribution in [0.3, 0.4) is 0 Å². The quantitative estimate of drug-likeness (QED) is 0.553. The lowest BCUT2D eigenvalue weighted by molar-refractivity contribution is 0.138. The summed E-state index contributed by atoms with van der Waals surface area (Å²) in [5.74, 6) is 1.05. The van der Waals surface area contributed by atoms with Gasteiger partial charge < -0.3 is 9.15 Å². The van der Waals surface area contributed by atoms with E-state index in [-0.39, 0.29) is 10.9 Å². The smallest absolute Gasteiger partial charge is 0.415 e. The van der Waals surface area contributed by atoms with Gasteiger partial charge >= 0.3 is 6.09 Å². The summed E-state index contributed by atoms with van der Waals surface area (Å²) in [6.07, 6.45) is -1.06. The maximum absolute atomic E-state index is 12.5. The minimum atomic E-state index is -0.613. The van der Waals surface area contributed by atoms with E-state index < -0.39 is 18.2 Å². The normalized spacial score (nSPS) is 18.5. The molecule has 152 valence electrons. The molecule has 30 heavy (non-hydrogen) atoms. The molecule has 2 aromatic carbocycles. The van der Waals surface area contributed by atoms with Crippen molar-refractivity contribution in [2.45, 2.75) is 38.8 Å². The summed E-state index contributed by atoms with van der Waals surface area (Å²) in [6, 6.07) is 14.1. The van der Waals surface area contributed by atoms with Crippen LogP contribution in [0.4, 0.5) is 10.5 Å². The van der Waals surface area contributed by atoms with Crippen LogP contribution in [-0.2, 0) is 4.74 Å². The summed E-state index contributed by atoms with van der Waals surface area (Å²) in [5, 5.41) is 17.7. The number of rotatable bonds is 4. The van der Waals surface area contributed by atoms with E-state index in [2.05, 4.69) is 24.0 Å². The predicted molar refractivity (Wildman–Crippen MR) is 111 cm³/mol. The third-order valence-electron chi connectivity index (χ3n) is 5.08. The summed E-state index contributed by atoms with van der Waals surface area (Å²) in [5.41, 5.74) is 2.82. The molecule has 0 saturated carbocycles. The Labute approximate surface area is 178 Å². The van der Waals surface area contributed by atoms with Gasteiger partial charge in [0.05, 0.1) is 10.6 Å². The zero-order valence-electron chi connectivity index (χ0n) is 16.7. The van der Waals surface area contributed by atoms with Crippen molar-refractivity contribution in [2.24, 2.45) is 0 Å². The molecular weight excluding hydrogens is 404 g/mol. The first-order chi connectivity index (χ1) is 14.4. The number of hydrogen-bond donors (Lipinski definition) is 0. The van der Waals surface area contributed by atoms with E-state index in [1.165, 1.54) is 10.5 Å². The van der Waals surface area contributed by atoms with Gasteiger partial charge in [-0.25, -0.2) is 4.79 Å². The van der Waals surface area contributed by atoms with E-state index in [1.54, 1.807) is 25.1 Å². The summed E-state index contributed by atoms with van der Waals surface area (Å²) in [4.78, 5) is 13.9. The Morgan fingerprint density at radius 2 is 1.90 bits per heavy atom. The number of hydrogen-bond acceptors (Lipinski definition) is 6. The van der Waals surface area contributed by atoms with Crippen molar-refractivity contribution in [3.05, 3.63) is 64.5 Å². The van der Waals surface area contributed by atoms with Crippen LogP contribution < -0.4 is 4.90 Å². The molecule has 0 spiro atoms. The SMILES string of the molecule is CC(C)c1ccc(-c2nnc([C@H]3[C@H](C)OC(=O)N3c3ccc(C#N)c(Cl)c3)o2)cc1. The molecule has 4 rings (SSSR count). The van der Waals surface area contributed by atoms with Gasteiger partial charge in [-0.2, -0.15) is 5.26 Å². The van der Waals surface area contributed by atoms with Gasteiger partial charge in [-0.15, -0.1) is 10.2 Å². The number of aromatic nitrogens is 2. The number of ether oxygens (including phenoxy) is 1. The van der Waals surface area contributed by atoms with Gasteiger partial charge in [-0.3, -0.25) is 4.90 Å². The van der Waals surface area contributed by atoms with Crippen molar-refractivity contribution >= 4 is 23.4 Å². The third kappa shape index (κ3) is 3.51. The van der Waals surface area contributed by atoms with Gasteiger partial charge in [-0.05, 0) is 48.7 Å². The molecule has 0 unspecified atom stereocenters. The van der Waals surface area contributed by atoms with Crippen LogP contribution in [0.1, 0.15) is 49.7 Å². The van der Waals surface area contributed by atoms with E-state index in [0.717, 1.165) is 5.56 Å². The summed E-state index contributed by atoms with van der Waals surface area (Å²) in [6.45, 7) is 6.01. The second-order valence-electron chi connectivity index (χ2n) is 7.40. The first-order valence-electron chi connectivity index (χ1n) is 9.52. The Bertz CT molecular complexity index is 1130. The Morgan fingerprint density at radius 1 is 1.17 bits per heavy atom. The number of benzene rings is 2. The number of amides is 1. The minimum Gasteiger partial charge on any atom is -0.443 e. The molecule has 0 N–H and O–H groups in total. The largest absolute Gasteiger partial charge is 0.443 e. The first-order valence-corrected chi connectivity index (χ1v) is 9.90. The van der Waals surface area contributed by atoms with Crippen LogP contribution >= 0.6 is 11.6 Å². The molecule has 1 aromatic heterocycles. The van der Waals surface area contributed by atoms with E-state index >= 15 is 0 Å². The third-order valence-corrected chi connectivity index (χ3v) is 5.39. The topological polar surface area (TPSA) is 92.3 Å². The fraction of sp³-hybridized carbons (Fsp3) is 0.273. The highest BCUT2D eigenvalue weighted by Crippen LogP contribution is 2.38. The van der Waals surface area contributed by atoms with E-state index in [4.69, 9.17) is 26.0 Å². The number of carbonyl (C=O) groups excluding carboxylic acids is 1. The Morgan fingerprint density at radius 3 is 2.53 bits per heavy atom. The highest BCUT2D eigenvalue weighted by atomic mass is 35.5. The van der Waals surface area contributed by atoms with Crippen LogP contribution in [0.25, 0.3) is 11.5 Å². The van der Waals surface area contributed by atoms with E-state index in [0.29, 0.717) is 23.1 Å². The van der Waals surface area contributed by atoms with Crippen molar-refractivity contribution in [3.63, 3.8) is 0 Å². The van der Waals surface area contributed by atoms with Gasteiger partial charge in [0.15, 0.2) is 6.04 Å². The molecule has 1 aliphatic heterocycles. The average Bonchev–Trinajstić information content (AvgIpc) is 3.31. The van der Waals surface area contributed by atoms with Crippen LogP contribution in [0.2, 0.25) is 5.02 Å². The van der Waals surface area contributed by atoms with Crippen LogP contribution in [0, 0.1) is 11.3 Å². The van der Waals surface area contributed by atoms with Crippen LogP contribution in [0.5, 0.6) is 0 Å². The molecule has 0 aliphatic carbocycles. The number of nitrogens with zero attached hydrogens (tertiary/aromatic N) is 4. The first kappa shape index (κ1) is 19.9. The highest BCUT2D eigenvalue weighted by molar-refractivity contribution is 6.32. The number of halogens is 1. The average molecular weight is 423 g/mol. The minimum absolute atomic E-state index is 0.248. The molecule has 1 saturated heterocycles. The maximum Gasteiger partial charge on any atom is 0.415 e. The fourth-order valence-corrected chi connectivity index (χ4v) is 3.62. The second kappa shape index (κ2) is 7.81. The molecule has 1 amide bonds. The van der Waals surface area contributed by atoms with Crippen molar-refractivity contribution in [1.82, 2.24) is 10.2 Å². The lowest BCUT2D eigenvalue weighted by atomic mass is 10.0. The summed E-state index contributed by atoms with van der Waals surface area (Å²) in [7, 11) is 0. The van der Waals surface area contributed by atoms with Crippen molar-refractivity contribution < 1.29 is 13.9 Å². The fourth-order valence-electron chi connectivity index (χ4n) is 3.41. The molecule has 1 fully saturated rings. The molecule has 3 aromatic rings. The van der Waals surface area contributed by atoms with Crippen LogP contribution in [0.15, 0.2) is 46.9 Å². The molecule has 8 heteroatoms. The van der Waals surface area contributed by atoms with Crippen molar-refractivity contribution in [1.29, 1.82) is 5.26 Å². The van der Waals surface area contributed by atoms with Crippen molar-refractivity contribution in [2.75, 3.05) is 4.90 Å². The van der Waals surface area contributed by atoms with Gasteiger partial charge in [0.25, 0.3) is 0 Å². The Kier molecular flexibility index (Phi) is 5.18. The Hall–Kier alpha value is -3.37. The highest BCUT2D eigenvalue weighted by Gasteiger charge is 2.44. The lowest BCUT2D eigenvalue weighted by Gasteiger charge is -2.20. The van der Waals surface area contributed by atoms with Gasteiger partial charge in [0.2, 0.25) is 11.8 Å². The van der Waals surface area contributed by atoms with E-state index in [1.807, 2.05) is 30.3 Å². The van der Waals surface area contributed by atoms with Gasteiger partial charge in [0, 0.05) is 11.3 Å². The molecule has 1 aliphatic rings. The van der Waals surface area contributed by atoms with Gasteiger partial charge in [0.1, 0.15) is 12.2 Å². The second-order valence-corrected chi connectivity index (χ2v) is 7.81. The summed E-state index contributed by atoms with van der Waals surface area (Å²) < 4.78 is 11.3. The monoisotopic (exact) mass is 422 g/mol. The number of cyclic esters (lactones) is 1. The molecule has 0 bridgehead atoms. The molecular formula is C22H19ClN4O3. The van der Waals surface area contributed by atoms with Crippen LogP contribution in [-0.4, -0.2) is 22.4 Å².